The van der Waals surface area contributed by atoms with Crippen molar-refractivity contribution < 1.29 is 4.79 Å². The van der Waals surface area contributed by atoms with Crippen molar-refractivity contribution in [1.29, 1.82) is 0 Å². The first kappa shape index (κ1) is 18.9. The molecule has 1 saturated heterocycles. The zero-order valence-electron chi connectivity index (χ0n) is 13.7. The molecule has 2 N–H and O–H groups in total. The lowest BCUT2D eigenvalue weighted by atomic mass is 9.93. The molecule has 7 heteroatoms. The summed E-state index contributed by atoms with van der Waals surface area (Å²) in [4.78, 5) is 14.3. The average Bonchev–Trinajstić information content (AvgIpc) is 3.01. The van der Waals surface area contributed by atoms with Crippen LogP contribution < -0.4 is 5.73 Å². The van der Waals surface area contributed by atoms with Gasteiger partial charge in [-0.2, -0.15) is 0 Å². The topological polar surface area (TPSA) is 77.0 Å². The molecule has 22 heavy (non-hydrogen) atoms. The highest BCUT2D eigenvalue weighted by molar-refractivity contribution is 5.85. The Hall–Kier alpha value is -1.14. The van der Waals surface area contributed by atoms with E-state index >= 15 is 0 Å². The van der Waals surface area contributed by atoms with Crippen molar-refractivity contribution in [3.63, 3.8) is 0 Å². The lowest BCUT2D eigenvalue weighted by molar-refractivity contribution is -0.134. The second-order valence-electron chi connectivity index (χ2n) is 5.99. The highest BCUT2D eigenvalue weighted by atomic mass is 35.5. The van der Waals surface area contributed by atoms with Gasteiger partial charge in [0.2, 0.25) is 5.91 Å². The molecule has 0 spiro atoms. The Kier molecular flexibility index (Phi) is 7.29. The van der Waals surface area contributed by atoms with E-state index < -0.39 is 0 Å². The Balaban J connectivity index is 0.00000242. The van der Waals surface area contributed by atoms with E-state index in [4.69, 9.17) is 5.73 Å². The second kappa shape index (κ2) is 8.48. The van der Waals surface area contributed by atoms with Crippen molar-refractivity contribution in [3.05, 3.63) is 12.2 Å². The number of carbonyl (C=O) groups excluding carboxylic acids is 1. The molecule has 1 amide bonds. The summed E-state index contributed by atoms with van der Waals surface area (Å²) in [6.45, 7) is 8.63. The molecule has 1 aromatic rings. The number of carbonyl (C=O) groups is 1. The van der Waals surface area contributed by atoms with Gasteiger partial charge in [-0.3, -0.25) is 4.79 Å². The quantitative estimate of drug-likeness (QED) is 0.893. The van der Waals surface area contributed by atoms with E-state index in [1.807, 2.05) is 11.8 Å². The Bertz CT molecular complexity index is 470. The number of piperidine rings is 1. The molecular formula is C15H28ClN5O. The number of nitrogens with zero attached hydrogens (tertiary/aromatic N) is 4. The van der Waals surface area contributed by atoms with Crippen molar-refractivity contribution in [3.8, 4) is 0 Å². The molecule has 0 saturated carbocycles. The van der Waals surface area contributed by atoms with Gasteiger partial charge in [0.25, 0.3) is 0 Å². The summed E-state index contributed by atoms with van der Waals surface area (Å²) in [5.74, 6) is 1.78. The summed E-state index contributed by atoms with van der Waals surface area (Å²) in [5, 5.41) is 8.24. The molecule has 0 aliphatic carbocycles. The van der Waals surface area contributed by atoms with Crippen LogP contribution in [-0.4, -0.2) is 44.7 Å². The van der Waals surface area contributed by atoms with E-state index in [0.29, 0.717) is 5.92 Å². The number of hydrogen-bond donors (Lipinski definition) is 1. The van der Waals surface area contributed by atoms with Crippen molar-refractivity contribution in [2.45, 2.75) is 58.5 Å². The zero-order valence-corrected chi connectivity index (χ0v) is 14.6. The Morgan fingerprint density at radius 1 is 1.41 bits per heavy atom. The van der Waals surface area contributed by atoms with Gasteiger partial charge in [0.15, 0.2) is 0 Å². The summed E-state index contributed by atoms with van der Waals surface area (Å²) in [6.07, 6.45) is 4.60. The first-order valence-electron chi connectivity index (χ1n) is 8.00. The Morgan fingerprint density at radius 3 is 2.59 bits per heavy atom. The van der Waals surface area contributed by atoms with Crippen LogP contribution in [0.4, 0.5) is 0 Å². The molecule has 2 unspecified atom stereocenters. The number of aryl methyl sites for hydroxylation is 1. The molecule has 0 radical (unpaired) electrons. The highest BCUT2D eigenvalue weighted by Gasteiger charge is 2.30. The van der Waals surface area contributed by atoms with Crippen molar-refractivity contribution >= 4 is 18.3 Å². The molecule has 2 atom stereocenters. The van der Waals surface area contributed by atoms with Gasteiger partial charge in [0.1, 0.15) is 12.2 Å². The maximum absolute atomic E-state index is 12.4. The van der Waals surface area contributed by atoms with Crippen LogP contribution in [0.1, 0.15) is 51.8 Å². The Morgan fingerprint density at radius 2 is 2.05 bits per heavy atom. The minimum atomic E-state index is -0.370. The lowest BCUT2D eigenvalue weighted by Crippen LogP contribution is -2.49. The number of halogens is 1. The number of amides is 1. The fourth-order valence-corrected chi connectivity index (χ4v) is 2.89. The molecule has 0 aromatic carbocycles. The molecule has 1 aromatic heterocycles. The van der Waals surface area contributed by atoms with E-state index in [-0.39, 0.29) is 30.3 Å². The lowest BCUT2D eigenvalue weighted by Gasteiger charge is -2.34. The largest absolute Gasteiger partial charge is 0.341 e. The van der Waals surface area contributed by atoms with Crippen LogP contribution >= 0.6 is 12.4 Å². The molecular weight excluding hydrogens is 302 g/mol. The number of nitrogens with two attached hydrogens (primary N) is 1. The second-order valence-corrected chi connectivity index (χ2v) is 5.99. The van der Waals surface area contributed by atoms with E-state index in [2.05, 4.69) is 28.6 Å². The first-order chi connectivity index (χ1) is 10.1. The number of hydrogen-bond acceptors (Lipinski definition) is 4. The van der Waals surface area contributed by atoms with Gasteiger partial charge in [-0.1, -0.05) is 20.3 Å². The summed E-state index contributed by atoms with van der Waals surface area (Å²) in [7, 11) is 0. The molecule has 0 bridgehead atoms. The maximum atomic E-state index is 12.4. The molecule has 1 aliphatic heterocycles. The van der Waals surface area contributed by atoms with Crippen LogP contribution in [0, 0.1) is 5.92 Å². The van der Waals surface area contributed by atoms with Gasteiger partial charge in [-0.15, -0.1) is 22.6 Å². The molecule has 6 nitrogen and oxygen atoms in total. The smallest absolute Gasteiger partial charge is 0.239 e. The predicted molar refractivity (Wildman–Crippen MR) is 88.9 cm³/mol. The van der Waals surface area contributed by atoms with Gasteiger partial charge in [-0.05, 0) is 25.7 Å². The van der Waals surface area contributed by atoms with Crippen molar-refractivity contribution in [2.24, 2.45) is 11.7 Å². The zero-order chi connectivity index (χ0) is 15.4. The van der Waals surface area contributed by atoms with Crippen molar-refractivity contribution in [1.82, 2.24) is 19.7 Å². The van der Waals surface area contributed by atoms with Gasteiger partial charge < -0.3 is 15.2 Å². The van der Waals surface area contributed by atoms with Crippen molar-refractivity contribution in [2.75, 3.05) is 13.1 Å². The SMILES string of the molecule is CCC(C)C(N)C(=O)N1CCC(c2nncn2CC)CC1.Cl. The summed E-state index contributed by atoms with van der Waals surface area (Å²) in [5.41, 5.74) is 6.06. The third kappa shape index (κ3) is 3.98. The molecule has 1 aliphatic rings. The summed E-state index contributed by atoms with van der Waals surface area (Å²) >= 11 is 0. The normalized spacial score (nSPS) is 18.6. The van der Waals surface area contributed by atoms with Gasteiger partial charge in [0, 0.05) is 25.6 Å². The minimum Gasteiger partial charge on any atom is -0.341 e. The van der Waals surface area contributed by atoms with E-state index in [1.54, 1.807) is 6.33 Å². The Labute approximate surface area is 138 Å². The van der Waals surface area contributed by atoms with Crippen LogP contribution in [0.5, 0.6) is 0 Å². The number of aromatic nitrogens is 3. The maximum Gasteiger partial charge on any atom is 0.239 e. The van der Waals surface area contributed by atoms with E-state index in [9.17, 15) is 4.79 Å². The predicted octanol–water partition coefficient (Wildman–Crippen LogP) is 1.80. The van der Waals surface area contributed by atoms with Crippen LogP contribution in [0.3, 0.4) is 0 Å². The summed E-state index contributed by atoms with van der Waals surface area (Å²) in [6, 6.07) is -0.370. The van der Waals surface area contributed by atoms with E-state index in [1.165, 1.54) is 0 Å². The third-order valence-corrected chi connectivity index (χ3v) is 4.70. The van der Waals surface area contributed by atoms with E-state index in [0.717, 1.165) is 44.7 Å². The van der Waals surface area contributed by atoms with Crippen LogP contribution in [-0.2, 0) is 11.3 Å². The van der Waals surface area contributed by atoms with Gasteiger partial charge in [0.05, 0.1) is 6.04 Å². The fraction of sp³-hybridized carbons (Fsp3) is 0.800. The molecule has 2 heterocycles. The third-order valence-electron chi connectivity index (χ3n) is 4.70. The fourth-order valence-electron chi connectivity index (χ4n) is 2.89. The highest BCUT2D eigenvalue weighted by Crippen LogP contribution is 2.27. The molecule has 2 rings (SSSR count). The average molecular weight is 330 g/mol. The van der Waals surface area contributed by atoms with Crippen LogP contribution in [0.2, 0.25) is 0 Å². The number of likely N-dealkylation sites (tertiary alicyclic amines) is 1. The number of rotatable bonds is 5. The molecule has 126 valence electrons. The van der Waals surface area contributed by atoms with Gasteiger partial charge >= 0.3 is 0 Å². The molecule has 1 fully saturated rings. The van der Waals surface area contributed by atoms with Gasteiger partial charge in [-0.25, -0.2) is 0 Å². The minimum absolute atomic E-state index is 0. The standard InChI is InChI=1S/C15H27N5O.ClH/c1-4-11(3)13(16)15(21)20-8-6-12(7-9-20)14-18-17-10-19(14)5-2;/h10-13H,4-9,16H2,1-3H3;1H. The monoisotopic (exact) mass is 329 g/mol. The summed E-state index contributed by atoms with van der Waals surface area (Å²) < 4.78 is 2.09. The van der Waals surface area contributed by atoms with Crippen LogP contribution in [0.25, 0.3) is 0 Å². The van der Waals surface area contributed by atoms with Crippen LogP contribution in [0.15, 0.2) is 6.33 Å². The first-order valence-corrected chi connectivity index (χ1v) is 8.00.